The van der Waals surface area contributed by atoms with E-state index in [9.17, 15) is 0 Å². The second-order valence-electron chi connectivity index (χ2n) is 3.09. The van der Waals surface area contributed by atoms with Gasteiger partial charge in [-0.2, -0.15) is 5.10 Å². The molecule has 0 aliphatic heterocycles. The molecule has 0 saturated heterocycles. The summed E-state index contributed by atoms with van der Waals surface area (Å²) in [5.41, 5.74) is 4.33. The number of hydrogen-bond donors (Lipinski definition) is 1. The third kappa shape index (κ3) is 1.85. The summed E-state index contributed by atoms with van der Waals surface area (Å²) in [6.07, 6.45) is 4.46. The first-order valence-corrected chi connectivity index (χ1v) is 5.07. The molecule has 1 aromatic rings. The van der Waals surface area contributed by atoms with E-state index in [0.29, 0.717) is 6.04 Å². The van der Waals surface area contributed by atoms with E-state index < -0.39 is 0 Å². The second kappa shape index (κ2) is 3.27. The van der Waals surface area contributed by atoms with Crippen LogP contribution in [0.25, 0.3) is 0 Å². The van der Waals surface area contributed by atoms with Crippen LogP contribution in [-0.4, -0.2) is 12.3 Å². The molecular weight excluding hydrogens is 168 g/mol. The van der Waals surface area contributed by atoms with E-state index in [1.807, 2.05) is 6.21 Å². The third-order valence-electron chi connectivity index (χ3n) is 1.94. The molecule has 0 aromatic carbocycles. The van der Waals surface area contributed by atoms with Crippen LogP contribution in [0.2, 0.25) is 0 Å². The summed E-state index contributed by atoms with van der Waals surface area (Å²) < 4.78 is 0. The Morgan fingerprint density at radius 3 is 3.08 bits per heavy atom. The fourth-order valence-corrected chi connectivity index (χ4v) is 1.63. The minimum atomic E-state index is 0.653. The average Bonchev–Trinajstić information content (AvgIpc) is 2.78. The molecule has 1 heterocycles. The zero-order chi connectivity index (χ0) is 8.39. The minimum absolute atomic E-state index is 0.653. The topological polar surface area (TPSA) is 24.4 Å². The molecule has 1 aliphatic carbocycles. The van der Waals surface area contributed by atoms with Gasteiger partial charge in [-0.05, 0) is 31.2 Å². The van der Waals surface area contributed by atoms with Crippen molar-refractivity contribution in [2.45, 2.75) is 25.8 Å². The van der Waals surface area contributed by atoms with Gasteiger partial charge in [0.15, 0.2) is 0 Å². The van der Waals surface area contributed by atoms with Gasteiger partial charge in [-0.25, -0.2) is 0 Å². The maximum absolute atomic E-state index is 4.17. The molecule has 2 nitrogen and oxygen atoms in total. The van der Waals surface area contributed by atoms with E-state index in [1.165, 1.54) is 23.3 Å². The Morgan fingerprint density at radius 2 is 2.50 bits per heavy atom. The van der Waals surface area contributed by atoms with Gasteiger partial charge in [-0.15, -0.1) is 11.3 Å². The molecule has 1 saturated carbocycles. The highest BCUT2D eigenvalue weighted by Gasteiger charge is 2.19. The molecule has 1 aliphatic rings. The fourth-order valence-electron chi connectivity index (χ4n) is 0.953. The van der Waals surface area contributed by atoms with E-state index in [4.69, 9.17) is 0 Å². The molecule has 0 unspecified atom stereocenters. The summed E-state index contributed by atoms with van der Waals surface area (Å²) in [5, 5.41) is 6.26. The van der Waals surface area contributed by atoms with Crippen LogP contribution in [-0.2, 0) is 0 Å². The summed E-state index contributed by atoms with van der Waals surface area (Å²) in [7, 11) is 0. The highest BCUT2D eigenvalue weighted by Crippen LogP contribution is 2.18. The van der Waals surface area contributed by atoms with E-state index in [2.05, 4.69) is 28.9 Å². The number of rotatable bonds is 3. The van der Waals surface area contributed by atoms with Gasteiger partial charge in [0.05, 0.1) is 6.21 Å². The molecule has 2 rings (SSSR count). The zero-order valence-electron chi connectivity index (χ0n) is 7.08. The molecular formula is C9H12N2S. The number of hydrogen-bond acceptors (Lipinski definition) is 3. The van der Waals surface area contributed by atoms with Crippen molar-refractivity contribution < 1.29 is 0 Å². The quantitative estimate of drug-likeness (QED) is 0.559. The lowest BCUT2D eigenvalue weighted by molar-refractivity contribution is 0.741. The van der Waals surface area contributed by atoms with Gasteiger partial charge >= 0.3 is 0 Å². The number of thiophene rings is 1. The van der Waals surface area contributed by atoms with Crippen LogP contribution in [0.5, 0.6) is 0 Å². The molecule has 1 fully saturated rings. The van der Waals surface area contributed by atoms with Crippen molar-refractivity contribution >= 4 is 17.6 Å². The first-order chi connectivity index (χ1) is 5.86. The molecule has 0 amide bonds. The van der Waals surface area contributed by atoms with E-state index >= 15 is 0 Å². The van der Waals surface area contributed by atoms with Crippen LogP contribution in [0.3, 0.4) is 0 Å². The molecule has 1 aromatic heterocycles. The van der Waals surface area contributed by atoms with Crippen molar-refractivity contribution in [1.82, 2.24) is 5.43 Å². The highest BCUT2D eigenvalue weighted by atomic mass is 32.1. The van der Waals surface area contributed by atoms with Gasteiger partial charge in [0.2, 0.25) is 0 Å². The molecule has 0 radical (unpaired) electrons. The predicted octanol–water partition coefficient (Wildman–Crippen LogP) is 2.14. The Labute approximate surface area is 76.3 Å². The Kier molecular flexibility index (Phi) is 2.13. The predicted molar refractivity (Wildman–Crippen MR) is 52.8 cm³/mol. The first-order valence-electron chi connectivity index (χ1n) is 4.19. The number of aryl methyl sites for hydroxylation is 1. The van der Waals surface area contributed by atoms with E-state index in [0.717, 1.165) is 0 Å². The van der Waals surface area contributed by atoms with Gasteiger partial charge in [0.1, 0.15) is 0 Å². The summed E-state index contributed by atoms with van der Waals surface area (Å²) in [6, 6.07) is 2.75. The molecule has 1 N–H and O–H groups in total. The van der Waals surface area contributed by atoms with Crippen LogP contribution in [0.1, 0.15) is 23.3 Å². The lowest BCUT2D eigenvalue weighted by atomic mass is 10.3. The SMILES string of the molecule is Cc1sccc1/C=N/NC1CC1. The normalized spacial score (nSPS) is 17.1. The lowest BCUT2D eigenvalue weighted by Gasteiger charge is -1.93. The largest absolute Gasteiger partial charge is 0.307 e. The van der Waals surface area contributed by atoms with E-state index in [-0.39, 0.29) is 0 Å². The van der Waals surface area contributed by atoms with Crippen molar-refractivity contribution in [3.8, 4) is 0 Å². The second-order valence-corrected chi connectivity index (χ2v) is 4.21. The van der Waals surface area contributed by atoms with Gasteiger partial charge in [0.25, 0.3) is 0 Å². The van der Waals surface area contributed by atoms with Gasteiger partial charge in [-0.1, -0.05) is 0 Å². The maximum Gasteiger partial charge on any atom is 0.0551 e. The Balaban J connectivity index is 1.92. The summed E-state index contributed by atoms with van der Waals surface area (Å²) >= 11 is 1.76. The Bertz CT molecular complexity index is 286. The standard InChI is InChI=1S/C9H12N2S/c1-7-8(4-5-12-7)6-10-11-9-2-3-9/h4-6,9,11H,2-3H2,1H3/b10-6+. The lowest BCUT2D eigenvalue weighted by Crippen LogP contribution is -2.07. The van der Waals surface area contributed by atoms with Crippen molar-refractivity contribution in [2.24, 2.45) is 5.10 Å². The fraction of sp³-hybridized carbons (Fsp3) is 0.444. The number of hydrazone groups is 1. The zero-order valence-corrected chi connectivity index (χ0v) is 7.90. The van der Waals surface area contributed by atoms with Crippen LogP contribution in [0.4, 0.5) is 0 Å². The highest BCUT2D eigenvalue weighted by molar-refractivity contribution is 7.10. The summed E-state index contributed by atoms with van der Waals surface area (Å²) in [4.78, 5) is 1.33. The molecule has 0 spiro atoms. The van der Waals surface area contributed by atoms with Crippen LogP contribution in [0.15, 0.2) is 16.5 Å². The molecule has 12 heavy (non-hydrogen) atoms. The molecule has 3 heteroatoms. The smallest absolute Gasteiger partial charge is 0.0551 e. The van der Waals surface area contributed by atoms with Crippen molar-refractivity contribution in [3.63, 3.8) is 0 Å². The van der Waals surface area contributed by atoms with E-state index in [1.54, 1.807) is 11.3 Å². The molecule has 0 bridgehead atoms. The van der Waals surface area contributed by atoms with Gasteiger partial charge in [-0.3, -0.25) is 0 Å². The third-order valence-corrected chi connectivity index (χ3v) is 2.80. The monoisotopic (exact) mass is 180 g/mol. The van der Waals surface area contributed by atoms with Crippen molar-refractivity contribution in [3.05, 3.63) is 21.9 Å². The van der Waals surface area contributed by atoms with Crippen molar-refractivity contribution in [2.75, 3.05) is 0 Å². The van der Waals surface area contributed by atoms with Crippen LogP contribution < -0.4 is 5.43 Å². The van der Waals surface area contributed by atoms with Crippen LogP contribution >= 0.6 is 11.3 Å². The summed E-state index contributed by atoms with van der Waals surface area (Å²) in [6.45, 7) is 2.11. The van der Waals surface area contributed by atoms with Crippen molar-refractivity contribution in [1.29, 1.82) is 0 Å². The summed E-state index contributed by atoms with van der Waals surface area (Å²) in [5.74, 6) is 0. The number of nitrogens with zero attached hydrogens (tertiary/aromatic N) is 1. The average molecular weight is 180 g/mol. The Morgan fingerprint density at radius 1 is 1.67 bits per heavy atom. The molecule has 64 valence electrons. The Hall–Kier alpha value is -0.830. The van der Waals surface area contributed by atoms with Gasteiger partial charge < -0.3 is 5.43 Å². The van der Waals surface area contributed by atoms with Crippen LogP contribution in [0, 0.1) is 6.92 Å². The molecule has 0 atom stereocenters. The minimum Gasteiger partial charge on any atom is -0.307 e. The van der Waals surface area contributed by atoms with Gasteiger partial charge in [0, 0.05) is 16.5 Å². The number of nitrogens with one attached hydrogen (secondary N) is 1. The first kappa shape index (κ1) is 7.80. The maximum atomic E-state index is 4.17.